The fourth-order valence-corrected chi connectivity index (χ4v) is 3.06. The molecule has 0 unspecified atom stereocenters. The molecule has 1 aromatic carbocycles. The van der Waals surface area contributed by atoms with E-state index in [1.807, 2.05) is 30.3 Å². The Morgan fingerprint density at radius 1 is 1.18 bits per heavy atom. The van der Waals surface area contributed by atoms with E-state index < -0.39 is 0 Å². The van der Waals surface area contributed by atoms with E-state index in [2.05, 4.69) is 15.1 Å². The predicted molar refractivity (Wildman–Crippen MR) is 85.4 cm³/mol. The maximum Gasteiger partial charge on any atom is 0.242 e. The van der Waals surface area contributed by atoms with Crippen molar-refractivity contribution in [3.63, 3.8) is 0 Å². The van der Waals surface area contributed by atoms with Crippen LogP contribution in [0.4, 0.5) is 0 Å². The summed E-state index contributed by atoms with van der Waals surface area (Å²) < 4.78 is 0. The molecule has 5 nitrogen and oxygen atoms in total. The minimum Gasteiger partial charge on any atom is -0.395 e. The van der Waals surface area contributed by atoms with Gasteiger partial charge in [0.05, 0.1) is 6.61 Å². The van der Waals surface area contributed by atoms with Crippen molar-refractivity contribution in [2.75, 3.05) is 39.3 Å². The number of piperazine rings is 1. The number of amides is 1. The largest absolute Gasteiger partial charge is 0.395 e. The topological polar surface area (TPSA) is 55.8 Å². The smallest absolute Gasteiger partial charge is 0.242 e. The third-order valence-corrected chi connectivity index (χ3v) is 4.48. The van der Waals surface area contributed by atoms with E-state index in [1.165, 1.54) is 0 Å². The van der Waals surface area contributed by atoms with Crippen LogP contribution in [-0.4, -0.2) is 66.2 Å². The van der Waals surface area contributed by atoms with Gasteiger partial charge in [0.2, 0.25) is 5.91 Å². The van der Waals surface area contributed by atoms with Gasteiger partial charge in [-0.25, -0.2) is 0 Å². The van der Waals surface area contributed by atoms with E-state index in [-0.39, 0.29) is 18.6 Å². The number of aliphatic hydroxyl groups excluding tert-OH is 1. The molecule has 0 aromatic heterocycles. The molecular formula is C17H25N3O2. The summed E-state index contributed by atoms with van der Waals surface area (Å²) in [4.78, 5) is 17.2. The first-order chi connectivity index (χ1) is 10.8. The highest BCUT2D eigenvalue weighted by Gasteiger charge is 2.33. The van der Waals surface area contributed by atoms with Gasteiger partial charge in [-0.2, -0.15) is 0 Å². The number of nitrogens with one attached hydrogen (secondary N) is 1. The molecule has 3 rings (SSSR count). The Bertz CT molecular complexity index is 482. The van der Waals surface area contributed by atoms with Crippen LogP contribution in [0.25, 0.3) is 0 Å². The molecule has 5 heteroatoms. The average Bonchev–Trinajstić information content (AvgIpc) is 3.35. The van der Waals surface area contributed by atoms with Gasteiger partial charge < -0.3 is 10.4 Å². The first-order valence-electron chi connectivity index (χ1n) is 8.20. The lowest BCUT2D eigenvalue weighted by atomic mass is 10.0. The van der Waals surface area contributed by atoms with Crippen molar-refractivity contribution >= 4 is 5.91 Å². The summed E-state index contributed by atoms with van der Waals surface area (Å²) >= 11 is 0. The number of nitrogens with zero attached hydrogens (tertiary/aromatic N) is 2. The molecule has 2 fully saturated rings. The molecule has 0 spiro atoms. The van der Waals surface area contributed by atoms with Crippen molar-refractivity contribution in [1.82, 2.24) is 15.1 Å². The van der Waals surface area contributed by atoms with Crippen LogP contribution in [0.3, 0.4) is 0 Å². The third-order valence-electron chi connectivity index (χ3n) is 4.48. The van der Waals surface area contributed by atoms with Crippen molar-refractivity contribution in [2.45, 2.75) is 24.9 Å². The van der Waals surface area contributed by atoms with Gasteiger partial charge in [0.15, 0.2) is 0 Å². The Morgan fingerprint density at radius 3 is 2.45 bits per heavy atom. The number of hydrogen-bond donors (Lipinski definition) is 2. The predicted octanol–water partition coefficient (Wildman–Crippen LogP) is 0.616. The van der Waals surface area contributed by atoms with E-state index in [9.17, 15) is 4.79 Å². The van der Waals surface area contributed by atoms with Gasteiger partial charge in [-0.15, -0.1) is 0 Å². The van der Waals surface area contributed by atoms with Gasteiger partial charge in [-0.05, 0) is 18.4 Å². The molecule has 1 atom stereocenters. The molecule has 1 aliphatic carbocycles. The first-order valence-corrected chi connectivity index (χ1v) is 8.20. The van der Waals surface area contributed by atoms with Crippen molar-refractivity contribution in [1.29, 1.82) is 0 Å². The molecule has 120 valence electrons. The lowest BCUT2D eigenvalue weighted by Gasteiger charge is -2.38. The van der Waals surface area contributed by atoms with Crippen LogP contribution in [0.5, 0.6) is 0 Å². The number of carbonyl (C=O) groups excluding carboxylic acids is 1. The zero-order chi connectivity index (χ0) is 15.4. The summed E-state index contributed by atoms with van der Waals surface area (Å²) in [5.41, 5.74) is 1.07. The monoisotopic (exact) mass is 303 g/mol. The van der Waals surface area contributed by atoms with Crippen molar-refractivity contribution < 1.29 is 9.90 Å². The SMILES string of the molecule is O=C(NC1CC1)[C@H](c1ccccc1)N1CCN(CCO)CC1. The summed E-state index contributed by atoms with van der Waals surface area (Å²) in [6, 6.07) is 10.2. The minimum absolute atomic E-state index is 0.129. The van der Waals surface area contributed by atoms with Crippen LogP contribution >= 0.6 is 0 Å². The summed E-state index contributed by atoms with van der Waals surface area (Å²) in [5, 5.41) is 12.2. The van der Waals surface area contributed by atoms with E-state index in [0.717, 1.165) is 51.1 Å². The van der Waals surface area contributed by atoms with Gasteiger partial charge in [-0.1, -0.05) is 30.3 Å². The average molecular weight is 303 g/mol. The standard InChI is InChI=1S/C17H25N3O2/c21-13-12-19-8-10-20(11-9-19)16(14-4-2-1-3-5-14)17(22)18-15-6-7-15/h1-5,15-16,21H,6-13H2,(H,18,22)/t16-/m0/s1. The second-order valence-corrected chi connectivity index (χ2v) is 6.20. The molecule has 1 amide bonds. The van der Waals surface area contributed by atoms with Crippen LogP contribution < -0.4 is 5.32 Å². The third kappa shape index (κ3) is 3.85. The number of β-amino-alcohol motifs (C(OH)–C–C–N with tert-alkyl or cyclic N) is 1. The Morgan fingerprint density at radius 2 is 1.86 bits per heavy atom. The van der Waals surface area contributed by atoms with Gasteiger partial charge in [0.1, 0.15) is 6.04 Å². The van der Waals surface area contributed by atoms with E-state index >= 15 is 0 Å². The Kier molecular flexibility index (Phi) is 5.08. The summed E-state index contributed by atoms with van der Waals surface area (Å²) in [6.07, 6.45) is 2.22. The molecule has 2 N–H and O–H groups in total. The van der Waals surface area contributed by atoms with Crippen molar-refractivity contribution in [2.24, 2.45) is 0 Å². The zero-order valence-electron chi connectivity index (χ0n) is 12.9. The number of benzene rings is 1. The lowest BCUT2D eigenvalue weighted by molar-refractivity contribution is -0.127. The van der Waals surface area contributed by atoms with Crippen LogP contribution in [0, 0.1) is 0 Å². The number of carbonyl (C=O) groups is 1. The minimum atomic E-state index is -0.196. The highest BCUT2D eigenvalue weighted by molar-refractivity contribution is 5.83. The van der Waals surface area contributed by atoms with Gasteiger partial charge in [0, 0.05) is 38.8 Å². The summed E-state index contributed by atoms with van der Waals surface area (Å²) in [7, 11) is 0. The summed E-state index contributed by atoms with van der Waals surface area (Å²) in [6.45, 7) is 4.44. The Balaban J connectivity index is 1.69. The highest BCUT2D eigenvalue weighted by Crippen LogP contribution is 2.25. The second-order valence-electron chi connectivity index (χ2n) is 6.20. The van der Waals surface area contributed by atoms with Gasteiger partial charge in [0.25, 0.3) is 0 Å². The molecule has 0 radical (unpaired) electrons. The first kappa shape index (κ1) is 15.5. The highest BCUT2D eigenvalue weighted by atomic mass is 16.3. The van der Waals surface area contributed by atoms with E-state index in [1.54, 1.807) is 0 Å². The molecule has 0 bridgehead atoms. The molecule has 1 saturated heterocycles. The zero-order valence-corrected chi connectivity index (χ0v) is 12.9. The van der Waals surface area contributed by atoms with Crippen molar-refractivity contribution in [3.05, 3.63) is 35.9 Å². The maximum atomic E-state index is 12.7. The molecule has 1 heterocycles. The lowest BCUT2D eigenvalue weighted by Crippen LogP contribution is -2.51. The molecule has 22 heavy (non-hydrogen) atoms. The van der Waals surface area contributed by atoms with Crippen LogP contribution in [0.1, 0.15) is 24.4 Å². The number of rotatable bonds is 6. The molecular weight excluding hydrogens is 278 g/mol. The number of hydrogen-bond acceptors (Lipinski definition) is 4. The molecule has 1 saturated carbocycles. The van der Waals surface area contributed by atoms with E-state index in [4.69, 9.17) is 5.11 Å². The molecule has 1 aliphatic heterocycles. The normalized spacial score (nSPS) is 21.5. The number of aliphatic hydroxyl groups is 1. The van der Waals surface area contributed by atoms with E-state index in [0.29, 0.717) is 6.04 Å². The van der Waals surface area contributed by atoms with Gasteiger partial charge in [-0.3, -0.25) is 14.6 Å². The quantitative estimate of drug-likeness (QED) is 0.809. The fraction of sp³-hybridized carbons (Fsp3) is 0.588. The Labute approximate surface area is 131 Å². The summed E-state index contributed by atoms with van der Waals surface area (Å²) in [5.74, 6) is 0.129. The molecule has 2 aliphatic rings. The van der Waals surface area contributed by atoms with Crippen LogP contribution in [-0.2, 0) is 4.79 Å². The fourth-order valence-electron chi connectivity index (χ4n) is 3.06. The van der Waals surface area contributed by atoms with Gasteiger partial charge >= 0.3 is 0 Å². The molecule has 1 aromatic rings. The Hall–Kier alpha value is -1.43. The van der Waals surface area contributed by atoms with Crippen molar-refractivity contribution in [3.8, 4) is 0 Å². The van der Waals surface area contributed by atoms with Crippen LogP contribution in [0.15, 0.2) is 30.3 Å². The maximum absolute atomic E-state index is 12.7. The van der Waals surface area contributed by atoms with Crippen LogP contribution in [0.2, 0.25) is 0 Å². The second kappa shape index (κ2) is 7.22.